The highest BCUT2D eigenvalue weighted by atomic mass is 32.1. The Morgan fingerprint density at radius 3 is 2.38 bits per heavy atom. The van der Waals surface area contributed by atoms with Gasteiger partial charge in [-0.05, 0) is 46.2 Å². The molecule has 3 heterocycles. The summed E-state index contributed by atoms with van der Waals surface area (Å²) in [5.74, 6) is 2.59. The fourth-order valence-electron chi connectivity index (χ4n) is 3.68. The average molecular weight is 479 g/mol. The summed E-state index contributed by atoms with van der Waals surface area (Å²) in [6.07, 6.45) is 3.88. The van der Waals surface area contributed by atoms with Crippen molar-refractivity contribution in [2.45, 2.75) is 19.5 Å². The van der Waals surface area contributed by atoms with Crippen molar-refractivity contribution in [3.8, 4) is 17.2 Å². The molecule has 0 unspecified atom stereocenters. The minimum absolute atomic E-state index is 0.185. The second-order valence-corrected chi connectivity index (χ2v) is 8.39. The first-order chi connectivity index (χ1) is 16.6. The molecule has 4 aromatic rings. The average Bonchev–Trinajstić information content (AvgIpc) is 3.56. The van der Waals surface area contributed by atoms with Crippen LogP contribution in [0.5, 0.6) is 17.2 Å². The monoisotopic (exact) mass is 478 g/mol. The van der Waals surface area contributed by atoms with Crippen molar-refractivity contribution >= 4 is 17.2 Å². The van der Waals surface area contributed by atoms with Crippen LogP contribution in [0.2, 0.25) is 0 Å². The SMILES string of the molecule is COc1cc(OC)c(Cc2ccc(C(=O)N(Cc3cccnc3)Cc3ccsc3)o2)c(OC)c1. The molecule has 0 radical (unpaired) electrons. The van der Waals surface area contributed by atoms with Gasteiger partial charge in [0.15, 0.2) is 5.76 Å². The zero-order valence-corrected chi connectivity index (χ0v) is 20.1. The van der Waals surface area contributed by atoms with Crippen LogP contribution >= 0.6 is 11.3 Å². The van der Waals surface area contributed by atoms with Gasteiger partial charge in [-0.15, -0.1) is 0 Å². The Morgan fingerprint density at radius 1 is 1.00 bits per heavy atom. The molecule has 4 rings (SSSR count). The number of nitrogens with zero attached hydrogens (tertiary/aromatic N) is 2. The molecule has 34 heavy (non-hydrogen) atoms. The smallest absolute Gasteiger partial charge is 0.290 e. The summed E-state index contributed by atoms with van der Waals surface area (Å²) in [6, 6.07) is 12.9. The standard InChI is InChI=1S/C26H26N2O5S/c1-30-21-12-24(31-2)22(25(13-21)32-3)11-20-6-7-23(33-20)26(29)28(16-19-8-10-34-17-19)15-18-5-4-9-27-14-18/h4-10,12-14,17H,11,15-16H2,1-3H3. The van der Waals surface area contributed by atoms with E-state index in [1.807, 2.05) is 35.0 Å². The third-order valence-electron chi connectivity index (χ3n) is 5.38. The van der Waals surface area contributed by atoms with Crippen LogP contribution < -0.4 is 14.2 Å². The van der Waals surface area contributed by atoms with Crippen molar-refractivity contribution in [1.29, 1.82) is 0 Å². The highest BCUT2D eigenvalue weighted by Gasteiger charge is 2.22. The summed E-state index contributed by atoms with van der Waals surface area (Å²) in [5, 5.41) is 4.04. The molecule has 0 fully saturated rings. The Kier molecular flexibility index (Phi) is 7.49. The lowest BCUT2D eigenvalue weighted by Gasteiger charge is -2.21. The summed E-state index contributed by atoms with van der Waals surface area (Å²) in [7, 11) is 4.77. The Hall–Kier alpha value is -3.78. The topological polar surface area (TPSA) is 74.0 Å². The van der Waals surface area contributed by atoms with Crippen molar-refractivity contribution in [1.82, 2.24) is 9.88 Å². The van der Waals surface area contributed by atoms with Gasteiger partial charge in [0, 0.05) is 49.6 Å². The van der Waals surface area contributed by atoms with Crippen molar-refractivity contribution in [3.63, 3.8) is 0 Å². The van der Waals surface area contributed by atoms with Gasteiger partial charge in [0.1, 0.15) is 23.0 Å². The molecule has 0 bridgehead atoms. The second-order valence-electron chi connectivity index (χ2n) is 7.61. The van der Waals surface area contributed by atoms with Crippen LogP contribution in [0.1, 0.15) is 33.0 Å². The van der Waals surface area contributed by atoms with Crippen molar-refractivity contribution in [2.24, 2.45) is 0 Å². The number of aromatic nitrogens is 1. The molecule has 1 amide bonds. The number of hydrogen-bond donors (Lipinski definition) is 0. The summed E-state index contributed by atoms with van der Waals surface area (Å²) in [6.45, 7) is 0.909. The van der Waals surface area contributed by atoms with Gasteiger partial charge in [0.05, 0.1) is 21.3 Å². The predicted octanol–water partition coefficient (Wildman–Crippen LogP) is 5.20. The number of thiophene rings is 1. The van der Waals surface area contributed by atoms with Crippen LogP contribution in [0.15, 0.2) is 70.0 Å². The van der Waals surface area contributed by atoms with Crippen LogP contribution in [0.25, 0.3) is 0 Å². The minimum Gasteiger partial charge on any atom is -0.496 e. The van der Waals surface area contributed by atoms with E-state index < -0.39 is 0 Å². The molecule has 0 aliphatic rings. The van der Waals surface area contributed by atoms with Gasteiger partial charge in [0.25, 0.3) is 5.91 Å². The Morgan fingerprint density at radius 2 is 1.76 bits per heavy atom. The largest absolute Gasteiger partial charge is 0.496 e. The van der Waals surface area contributed by atoms with Gasteiger partial charge < -0.3 is 23.5 Å². The van der Waals surface area contributed by atoms with Crippen LogP contribution in [-0.2, 0) is 19.5 Å². The molecule has 0 atom stereocenters. The molecule has 3 aromatic heterocycles. The lowest BCUT2D eigenvalue weighted by Crippen LogP contribution is -2.29. The zero-order chi connectivity index (χ0) is 23.9. The molecule has 176 valence electrons. The van der Waals surface area contributed by atoms with Crippen molar-refractivity contribution in [2.75, 3.05) is 21.3 Å². The first kappa shape index (κ1) is 23.4. The lowest BCUT2D eigenvalue weighted by atomic mass is 10.1. The first-order valence-corrected chi connectivity index (χ1v) is 11.6. The molecule has 0 aliphatic heterocycles. The molecule has 1 aromatic carbocycles. The maximum atomic E-state index is 13.4. The van der Waals surface area contributed by atoms with E-state index in [2.05, 4.69) is 4.98 Å². The van der Waals surface area contributed by atoms with Gasteiger partial charge >= 0.3 is 0 Å². The number of benzene rings is 1. The highest BCUT2D eigenvalue weighted by Crippen LogP contribution is 2.36. The van der Waals surface area contributed by atoms with Gasteiger partial charge in [-0.2, -0.15) is 11.3 Å². The Balaban J connectivity index is 1.57. The van der Waals surface area contributed by atoms with Crippen LogP contribution in [-0.4, -0.2) is 37.1 Å². The van der Waals surface area contributed by atoms with E-state index in [4.69, 9.17) is 18.6 Å². The molecule has 0 N–H and O–H groups in total. The Bertz CT molecular complexity index is 1200. The summed E-state index contributed by atoms with van der Waals surface area (Å²) in [5.41, 5.74) is 2.83. The number of rotatable bonds is 10. The number of ether oxygens (including phenoxy) is 3. The van der Waals surface area contributed by atoms with E-state index in [0.717, 1.165) is 16.7 Å². The molecule has 7 nitrogen and oxygen atoms in total. The molecular weight excluding hydrogens is 452 g/mol. The van der Waals surface area contributed by atoms with E-state index >= 15 is 0 Å². The van der Waals surface area contributed by atoms with Gasteiger partial charge in [-0.25, -0.2) is 0 Å². The van der Waals surface area contributed by atoms with Crippen LogP contribution in [0, 0.1) is 0 Å². The maximum absolute atomic E-state index is 13.4. The number of carbonyl (C=O) groups excluding carboxylic acids is 1. The first-order valence-electron chi connectivity index (χ1n) is 10.7. The molecule has 0 saturated carbocycles. The normalized spacial score (nSPS) is 10.7. The van der Waals surface area contributed by atoms with Gasteiger partial charge in [-0.1, -0.05) is 6.07 Å². The number of amides is 1. The van der Waals surface area contributed by atoms with Crippen molar-refractivity contribution in [3.05, 3.63) is 93.8 Å². The molecule has 8 heteroatoms. The van der Waals surface area contributed by atoms with Crippen LogP contribution in [0.3, 0.4) is 0 Å². The fraction of sp³-hybridized carbons (Fsp3) is 0.231. The molecular formula is C26H26N2O5S. The predicted molar refractivity (Wildman–Crippen MR) is 130 cm³/mol. The number of carbonyl (C=O) groups is 1. The third kappa shape index (κ3) is 5.40. The number of hydrogen-bond acceptors (Lipinski definition) is 7. The zero-order valence-electron chi connectivity index (χ0n) is 19.3. The van der Waals surface area contributed by atoms with Gasteiger partial charge in [-0.3, -0.25) is 9.78 Å². The van der Waals surface area contributed by atoms with E-state index in [9.17, 15) is 4.79 Å². The van der Waals surface area contributed by atoms with E-state index in [1.165, 1.54) is 0 Å². The fourth-order valence-corrected chi connectivity index (χ4v) is 4.34. The molecule has 0 saturated heterocycles. The minimum atomic E-state index is -0.185. The maximum Gasteiger partial charge on any atom is 0.290 e. The summed E-state index contributed by atoms with van der Waals surface area (Å²) >= 11 is 1.60. The molecule has 0 aliphatic carbocycles. The lowest BCUT2D eigenvalue weighted by molar-refractivity contribution is 0.0696. The quantitative estimate of drug-likeness (QED) is 0.312. The van der Waals surface area contributed by atoms with E-state index in [0.29, 0.717) is 42.5 Å². The van der Waals surface area contributed by atoms with Gasteiger partial charge in [0.2, 0.25) is 0 Å². The number of pyridine rings is 1. The third-order valence-corrected chi connectivity index (χ3v) is 6.11. The summed E-state index contributed by atoms with van der Waals surface area (Å²) < 4.78 is 22.4. The van der Waals surface area contributed by atoms with E-state index in [-0.39, 0.29) is 11.7 Å². The Labute approximate surface area is 202 Å². The highest BCUT2D eigenvalue weighted by molar-refractivity contribution is 7.07. The summed E-state index contributed by atoms with van der Waals surface area (Å²) in [4.78, 5) is 19.4. The number of furan rings is 1. The van der Waals surface area contributed by atoms with Crippen LogP contribution in [0.4, 0.5) is 0 Å². The van der Waals surface area contributed by atoms with Crippen molar-refractivity contribution < 1.29 is 23.4 Å². The second kappa shape index (κ2) is 10.9. The number of methoxy groups -OCH3 is 3. The van der Waals surface area contributed by atoms with E-state index in [1.54, 1.807) is 68.2 Å². The molecule has 0 spiro atoms.